The van der Waals surface area contributed by atoms with Gasteiger partial charge in [-0.15, -0.1) is 5.10 Å². The van der Waals surface area contributed by atoms with E-state index in [1.54, 1.807) is 14.0 Å². The molecule has 2 aromatic rings. The number of hydrogen-bond acceptors (Lipinski definition) is 3. The fourth-order valence-corrected chi connectivity index (χ4v) is 1.79. The Morgan fingerprint density at radius 3 is 2.32 bits per heavy atom. The summed E-state index contributed by atoms with van der Waals surface area (Å²) in [7, 11) is 1.76. The molecule has 102 valence electrons. The molecule has 4 nitrogen and oxygen atoms in total. The lowest BCUT2D eigenvalue weighted by Crippen LogP contribution is -2.14. The maximum atomic E-state index is 13.2. The third-order valence-electron chi connectivity index (χ3n) is 2.99. The number of aromatic nitrogens is 3. The predicted octanol–water partition coefficient (Wildman–Crippen LogP) is 2.27. The summed E-state index contributed by atoms with van der Waals surface area (Å²) in [5.41, 5.74) is 1.39. The average Bonchev–Trinajstić information content (AvgIpc) is 2.76. The highest BCUT2D eigenvalue weighted by molar-refractivity contribution is 5.35. The highest BCUT2D eigenvalue weighted by Crippen LogP contribution is 2.20. The molecule has 19 heavy (non-hydrogen) atoms. The third kappa shape index (κ3) is 2.33. The molecule has 0 saturated carbocycles. The standard InChI is InChI=1S/C12H13F3N4/c1-6(16-3)12-7(2)19(18-17-12)8-4-9(13)11(15)10(14)5-8/h4-6,16H,1-3H3. The second kappa shape index (κ2) is 5.00. The van der Waals surface area contributed by atoms with Crippen molar-refractivity contribution < 1.29 is 13.2 Å². The van der Waals surface area contributed by atoms with Crippen molar-refractivity contribution in [3.63, 3.8) is 0 Å². The molecule has 1 heterocycles. The van der Waals surface area contributed by atoms with Crippen LogP contribution in [0.3, 0.4) is 0 Å². The highest BCUT2D eigenvalue weighted by Gasteiger charge is 2.17. The van der Waals surface area contributed by atoms with Crippen LogP contribution < -0.4 is 5.32 Å². The van der Waals surface area contributed by atoms with E-state index in [-0.39, 0.29) is 11.7 Å². The van der Waals surface area contributed by atoms with Crippen LogP contribution in [0.15, 0.2) is 12.1 Å². The largest absolute Gasteiger partial charge is 0.312 e. The van der Waals surface area contributed by atoms with Crippen LogP contribution in [-0.4, -0.2) is 22.0 Å². The van der Waals surface area contributed by atoms with E-state index in [1.165, 1.54) is 4.68 Å². The van der Waals surface area contributed by atoms with Gasteiger partial charge >= 0.3 is 0 Å². The average molecular weight is 270 g/mol. The molecule has 0 fully saturated rings. The van der Waals surface area contributed by atoms with Crippen LogP contribution in [-0.2, 0) is 0 Å². The molecule has 0 radical (unpaired) electrons. The summed E-state index contributed by atoms with van der Waals surface area (Å²) in [5.74, 6) is -4.01. The Kier molecular flexibility index (Phi) is 3.57. The Balaban J connectivity index is 2.51. The highest BCUT2D eigenvalue weighted by atomic mass is 19.2. The molecular weight excluding hydrogens is 257 g/mol. The second-order valence-corrected chi connectivity index (χ2v) is 4.21. The number of nitrogens with zero attached hydrogens (tertiary/aromatic N) is 3. The smallest absolute Gasteiger partial charge is 0.194 e. The van der Waals surface area contributed by atoms with Gasteiger partial charge in [-0.2, -0.15) is 0 Å². The molecule has 1 atom stereocenters. The molecule has 0 aliphatic rings. The first-order valence-corrected chi connectivity index (χ1v) is 5.70. The summed E-state index contributed by atoms with van der Waals surface area (Å²) >= 11 is 0. The van der Waals surface area contributed by atoms with Gasteiger partial charge in [0.1, 0.15) is 5.69 Å². The van der Waals surface area contributed by atoms with Crippen molar-refractivity contribution >= 4 is 0 Å². The molecule has 0 aliphatic heterocycles. The molecule has 2 rings (SSSR count). The summed E-state index contributed by atoms with van der Waals surface area (Å²) in [4.78, 5) is 0. The lowest BCUT2D eigenvalue weighted by Gasteiger charge is -2.08. The molecule has 1 aromatic heterocycles. The van der Waals surface area contributed by atoms with Gasteiger partial charge in [-0.05, 0) is 20.9 Å². The van der Waals surface area contributed by atoms with Crippen molar-refractivity contribution in [2.24, 2.45) is 0 Å². The quantitative estimate of drug-likeness (QED) is 0.870. The molecule has 0 aliphatic carbocycles. The first-order chi connectivity index (χ1) is 8.95. The van der Waals surface area contributed by atoms with Crippen LogP contribution in [0.5, 0.6) is 0 Å². The van der Waals surface area contributed by atoms with Crippen LogP contribution in [0.1, 0.15) is 24.4 Å². The Bertz CT molecular complexity index is 586. The van der Waals surface area contributed by atoms with Crippen molar-refractivity contribution in [3.8, 4) is 5.69 Å². The van der Waals surface area contributed by atoms with E-state index in [0.717, 1.165) is 12.1 Å². The Hall–Kier alpha value is -1.89. The molecule has 0 spiro atoms. The SMILES string of the molecule is CNC(C)c1nnn(-c2cc(F)c(F)c(F)c2)c1C. The van der Waals surface area contributed by atoms with Gasteiger partial charge < -0.3 is 5.32 Å². The lowest BCUT2D eigenvalue weighted by atomic mass is 10.2. The maximum Gasteiger partial charge on any atom is 0.194 e. The monoisotopic (exact) mass is 270 g/mol. The summed E-state index contributed by atoms with van der Waals surface area (Å²) < 4.78 is 40.6. The minimum absolute atomic E-state index is 0.0520. The number of nitrogens with one attached hydrogen (secondary N) is 1. The molecule has 0 amide bonds. The van der Waals surface area contributed by atoms with E-state index in [9.17, 15) is 13.2 Å². The van der Waals surface area contributed by atoms with Gasteiger partial charge in [0.25, 0.3) is 0 Å². The molecule has 1 aromatic carbocycles. The van der Waals surface area contributed by atoms with Crippen molar-refractivity contribution in [2.45, 2.75) is 19.9 Å². The Morgan fingerprint density at radius 2 is 1.79 bits per heavy atom. The molecule has 0 saturated heterocycles. The van der Waals surface area contributed by atoms with Crippen molar-refractivity contribution in [2.75, 3.05) is 7.05 Å². The lowest BCUT2D eigenvalue weighted by molar-refractivity contribution is 0.445. The van der Waals surface area contributed by atoms with Crippen molar-refractivity contribution in [3.05, 3.63) is 41.0 Å². The van der Waals surface area contributed by atoms with Crippen LogP contribution >= 0.6 is 0 Å². The van der Waals surface area contributed by atoms with Crippen LogP contribution in [0.2, 0.25) is 0 Å². The summed E-state index contributed by atoms with van der Waals surface area (Å²) in [5, 5.41) is 10.8. The van der Waals surface area contributed by atoms with E-state index in [2.05, 4.69) is 15.6 Å². The maximum absolute atomic E-state index is 13.2. The zero-order valence-electron chi connectivity index (χ0n) is 10.7. The summed E-state index contributed by atoms with van der Waals surface area (Å²) in [6.45, 7) is 3.61. The van der Waals surface area contributed by atoms with Gasteiger partial charge in [-0.1, -0.05) is 5.21 Å². The van der Waals surface area contributed by atoms with Crippen molar-refractivity contribution in [1.82, 2.24) is 20.3 Å². The fraction of sp³-hybridized carbons (Fsp3) is 0.333. The summed E-state index contributed by atoms with van der Waals surface area (Å²) in [6.07, 6.45) is 0. The van der Waals surface area contributed by atoms with Gasteiger partial charge in [-0.3, -0.25) is 0 Å². The minimum Gasteiger partial charge on any atom is -0.312 e. The number of benzene rings is 1. The molecule has 7 heteroatoms. The van der Waals surface area contributed by atoms with E-state index in [0.29, 0.717) is 11.4 Å². The predicted molar refractivity (Wildman–Crippen MR) is 63.4 cm³/mol. The van der Waals surface area contributed by atoms with E-state index < -0.39 is 17.5 Å². The van der Waals surface area contributed by atoms with Crippen LogP contribution in [0.25, 0.3) is 5.69 Å². The van der Waals surface area contributed by atoms with Gasteiger partial charge in [0, 0.05) is 12.1 Å². The molecule has 1 unspecified atom stereocenters. The number of halogens is 3. The van der Waals surface area contributed by atoms with E-state index >= 15 is 0 Å². The summed E-state index contributed by atoms with van der Waals surface area (Å²) in [6, 6.07) is 1.71. The van der Waals surface area contributed by atoms with E-state index in [1.807, 2.05) is 6.92 Å². The Labute approximate surface area is 108 Å². The van der Waals surface area contributed by atoms with Gasteiger partial charge in [-0.25, -0.2) is 17.9 Å². The minimum atomic E-state index is -1.50. The third-order valence-corrected chi connectivity index (χ3v) is 2.99. The molecular formula is C12H13F3N4. The van der Waals surface area contributed by atoms with Gasteiger partial charge in [0.05, 0.1) is 17.4 Å². The Morgan fingerprint density at radius 1 is 1.21 bits per heavy atom. The normalized spacial score (nSPS) is 12.7. The second-order valence-electron chi connectivity index (χ2n) is 4.21. The first-order valence-electron chi connectivity index (χ1n) is 5.70. The topological polar surface area (TPSA) is 42.7 Å². The van der Waals surface area contributed by atoms with Gasteiger partial charge in [0.15, 0.2) is 17.5 Å². The molecule has 0 bridgehead atoms. The van der Waals surface area contributed by atoms with Gasteiger partial charge in [0.2, 0.25) is 0 Å². The number of rotatable bonds is 3. The fourth-order valence-electron chi connectivity index (χ4n) is 1.79. The zero-order valence-corrected chi connectivity index (χ0v) is 10.7. The molecule has 1 N–H and O–H groups in total. The van der Waals surface area contributed by atoms with E-state index in [4.69, 9.17) is 0 Å². The number of hydrogen-bond donors (Lipinski definition) is 1. The van der Waals surface area contributed by atoms with Crippen LogP contribution in [0.4, 0.5) is 13.2 Å². The zero-order chi connectivity index (χ0) is 14.2. The van der Waals surface area contributed by atoms with Crippen LogP contribution in [0, 0.1) is 24.4 Å². The first kappa shape index (κ1) is 13.5. The van der Waals surface area contributed by atoms with Crippen molar-refractivity contribution in [1.29, 1.82) is 0 Å².